The second-order valence-electron chi connectivity index (χ2n) is 4.77. The van der Waals surface area contributed by atoms with Gasteiger partial charge in [0.25, 0.3) is 5.91 Å². The number of rotatable bonds is 3. The number of primary amides is 1. The van der Waals surface area contributed by atoms with Crippen LogP contribution in [-0.4, -0.2) is 30.9 Å². The van der Waals surface area contributed by atoms with Crippen molar-refractivity contribution in [1.29, 1.82) is 0 Å². The summed E-state index contributed by atoms with van der Waals surface area (Å²) in [5.41, 5.74) is 12.6. The number of carbonyl (C=O) groups is 2. The van der Waals surface area contributed by atoms with Crippen LogP contribution in [0.4, 0.5) is 11.4 Å². The first kappa shape index (κ1) is 13.2. The van der Waals surface area contributed by atoms with E-state index < -0.39 is 5.91 Å². The molecule has 1 unspecified atom stereocenters. The summed E-state index contributed by atoms with van der Waals surface area (Å²) < 4.78 is 0. The first-order valence-corrected chi connectivity index (χ1v) is 6.18. The predicted molar refractivity (Wildman–Crippen MR) is 73.8 cm³/mol. The molecule has 0 radical (unpaired) electrons. The minimum atomic E-state index is -0.531. The highest BCUT2D eigenvalue weighted by Crippen LogP contribution is 2.24. The van der Waals surface area contributed by atoms with Gasteiger partial charge in [0.05, 0.1) is 5.56 Å². The number of hydrogen-bond donors (Lipinski definition) is 3. The number of amides is 2. The predicted octanol–water partition coefficient (Wildman–Crippen LogP) is 0.0825. The third-order valence-corrected chi connectivity index (χ3v) is 3.26. The van der Waals surface area contributed by atoms with E-state index in [0.717, 1.165) is 25.2 Å². The molecule has 0 saturated carbocycles. The Morgan fingerprint density at radius 2 is 2.16 bits per heavy atom. The fourth-order valence-electron chi connectivity index (χ4n) is 2.35. The van der Waals surface area contributed by atoms with E-state index in [-0.39, 0.29) is 11.9 Å². The minimum absolute atomic E-state index is 0.0259. The smallest absolute Gasteiger partial charge is 0.250 e. The van der Waals surface area contributed by atoms with E-state index in [0.29, 0.717) is 11.3 Å². The Bertz CT molecular complexity index is 515. The van der Waals surface area contributed by atoms with Crippen LogP contribution in [0, 0.1) is 0 Å². The van der Waals surface area contributed by atoms with Gasteiger partial charge in [-0.3, -0.25) is 9.59 Å². The van der Waals surface area contributed by atoms with Crippen LogP contribution in [-0.2, 0) is 4.79 Å². The van der Waals surface area contributed by atoms with Crippen molar-refractivity contribution in [2.75, 3.05) is 23.7 Å². The van der Waals surface area contributed by atoms with Gasteiger partial charge in [-0.25, -0.2) is 0 Å². The van der Waals surface area contributed by atoms with Crippen molar-refractivity contribution in [2.45, 2.75) is 19.4 Å². The van der Waals surface area contributed by atoms with Crippen LogP contribution in [0.2, 0.25) is 0 Å². The Morgan fingerprint density at radius 1 is 1.42 bits per heavy atom. The van der Waals surface area contributed by atoms with Crippen LogP contribution in [0.15, 0.2) is 18.2 Å². The Morgan fingerprint density at radius 3 is 2.79 bits per heavy atom. The highest BCUT2D eigenvalue weighted by atomic mass is 16.1. The first-order valence-electron chi connectivity index (χ1n) is 6.18. The van der Waals surface area contributed by atoms with Gasteiger partial charge < -0.3 is 21.7 Å². The first-order chi connectivity index (χ1) is 8.97. The van der Waals surface area contributed by atoms with E-state index in [1.807, 2.05) is 6.07 Å². The number of anilines is 2. The molecule has 1 aliphatic rings. The lowest BCUT2D eigenvalue weighted by Crippen LogP contribution is -2.35. The third-order valence-electron chi connectivity index (χ3n) is 3.26. The molecule has 102 valence electrons. The molecule has 0 bridgehead atoms. The summed E-state index contributed by atoms with van der Waals surface area (Å²) in [6.45, 7) is 3.06. The van der Waals surface area contributed by atoms with Gasteiger partial charge in [0, 0.05) is 37.4 Å². The summed E-state index contributed by atoms with van der Waals surface area (Å²) in [5.74, 6) is -0.557. The van der Waals surface area contributed by atoms with Gasteiger partial charge in [-0.15, -0.1) is 0 Å². The second kappa shape index (κ2) is 5.17. The lowest BCUT2D eigenvalue weighted by Gasteiger charge is -2.20. The number of hydrogen-bond acceptors (Lipinski definition) is 4. The second-order valence-corrected chi connectivity index (χ2v) is 4.77. The quantitative estimate of drug-likeness (QED) is 0.671. The molecule has 0 spiro atoms. The molecular formula is C13H18N4O2. The third kappa shape index (κ3) is 2.96. The molecule has 1 fully saturated rings. The van der Waals surface area contributed by atoms with Crippen LogP contribution < -0.4 is 21.7 Å². The number of benzene rings is 1. The van der Waals surface area contributed by atoms with Crippen molar-refractivity contribution in [1.82, 2.24) is 5.32 Å². The summed E-state index contributed by atoms with van der Waals surface area (Å²) in [4.78, 5) is 24.4. The fraction of sp³-hybridized carbons (Fsp3) is 0.385. The summed E-state index contributed by atoms with van der Waals surface area (Å²) in [5, 5.41) is 2.89. The van der Waals surface area contributed by atoms with Crippen LogP contribution in [0.3, 0.4) is 0 Å². The van der Waals surface area contributed by atoms with Gasteiger partial charge in [0.2, 0.25) is 5.91 Å². The molecule has 2 rings (SSSR count). The van der Waals surface area contributed by atoms with Crippen LogP contribution in [0.25, 0.3) is 0 Å². The molecule has 1 saturated heterocycles. The number of carbonyl (C=O) groups excluding carboxylic acids is 2. The fourth-order valence-corrected chi connectivity index (χ4v) is 2.35. The van der Waals surface area contributed by atoms with Crippen LogP contribution >= 0.6 is 0 Å². The Hall–Kier alpha value is -2.24. The van der Waals surface area contributed by atoms with Gasteiger partial charge in [-0.1, -0.05) is 0 Å². The summed E-state index contributed by atoms with van der Waals surface area (Å²) in [6, 6.07) is 5.39. The summed E-state index contributed by atoms with van der Waals surface area (Å²) in [7, 11) is 0. The van der Waals surface area contributed by atoms with Crippen molar-refractivity contribution < 1.29 is 9.59 Å². The number of nitrogens with one attached hydrogen (secondary N) is 1. The summed E-state index contributed by atoms with van der Waals surface area (Å²) in [6.07, 6.45) is 0.885. The number of nitrogen functional groups attached to an aromatic ring is 1. The zero-order valence-corrected chi connectivity index (χ0v) is 10.8. The molecule has 1 aromatic rings. The van der Waals surface area contributed by atoms with Crippen LogP contribution in [0.1, 0.15) is 23.7 Å². The average molecular weight is 262 g/mol. The van der Waals surface area contributed by atoms with Crippen molar-refractivity contribution >= 4 is 23.2 Å². The zero-order valence-electron chi connectivity index (χ0n) is 10.8. The van der Waals surface area contributed by atoms with Crippen molar-refractivity contribution in [3.8, 4) is 0 Å². The maximum absolute atomic E-state index is 11.3. The van der Waals surface area contributed by atoms with Crippen molar-refractivity contribution in [3.63, 3.8) is 0 Å². The maximum Gasteiger partial charge on any atom is 0.250 e. The summed E-state index contributed by atoms with van der Waals surface area (Å²) >= 11 is 0. The molecule has 1 heterocycles. The average Bonchev–Trinajstić information content (AvgIpc) is 2.76. The molecular weight excluding hydrogens is 244 g/mol. The number of nitrogens with two attached hydrogens (primary N) is 2. The molecule has 0 aliphatic carbocycles. The van der Waals surface area contributed by atoms with E-state index in [9.17, 15) is 9.59 Å². The lowest BCUT2D eigenvalue weighted by molar-refractivity contribution is -0.119. The molecule has 6 nitrogen and oxygen atoms in total. The molecule has 19 heavy (non-hydrogen) atoms. The standard InChI is InChI=1S/C13H18N4O2/c1-8(18)16-9-4-5-17(7-9)10-2-3-12(14)11(6-10)13(15)19/h2-3,6,9H,4-5,7,14H2,1H3,(H2,15,19)(H,16,18). The maximum atomic E-state index is 11.3. The Kier molecular flexibility index (Phi) is 3.59. The monoisotopic (exact) mass is 262 g/mol. The highest BCUT2D eigenvalue weighted by molar-refractivity contribution is 5.99. The van der Waals surface area contributed by atoms with E-state index in [2.05, 4.69) is 10.2 Å². The molecule has 5 N–H and O–H groups in total. The van der Waals surface area contributed by atoms with Crippen LogP contribution in [0.5, 0.6) is 0 Å². The van der Waals surface area contributed by atoms with E-state index >= 15 is 0 Å². The van der Waals surface area contributed by atoms with E-state index in [1.165, 1.54) is 6.92 Å². The van der Waals surface area contributed by atoms with Gasteiger partial charge in [0.15, 0.2) is 0 Å². The molecule has 1 atom stereocenters. The van der Waals surface area contributed by atoms with Gasteiger partial charge in [0.1, 0.15) is 0 Å². The zero-order chi connectivity index (χ0) is 14.0. The normalized spacial score (nSPS) is 18.4. The van der Waals surface area contributed by atoms with Crippen molar-refractivity contribution in [3.05, 3.63) is 23.8 Å². The largest absolute Gasteiger partial charge is 0.398 e. The number of nitrogens with zero attached hydrogens (tertiary/aromatic N) is 1. The minimum Gasteiger partial charge on any atom is -0.398 e. The molecule has 1 aromatic carbocycles. The Labute approximate surface area is 111 Å². The van der Waals surface area contributed by atoms with Gasteiger partial charge in [-0.05, 0) is 24.6 Å². The lowest BCUT2D eigenvalue weighted by atomic mass is 10.1. The highest BCUT2D eigenvalue weighted by Gasteiger charge is 2.23. The van der Waals surface area contributed by atoms with E-state index in [1.54, 1.807) is 12.1 Å². The molecule has 6 heteroatoms. The van der Waals surface area contributed by atoms with E-state index in [4.69, 9.17) is 11.5 Å². The molecule has 1 aliphatic heterocycles. The molecule has 0 aromatic heterocycles. The van der Waals surface area contributed by atoms with Gasteiger partial charge >= 0.3 is 0 Å². The van der Waals surface area contributed by atoms with Crippen molar-refractivity contribution in [2.24, 2.45) is 5.73 Å². The van der Waals surface area contributed by atoms with Gasteiger partial charge in [-0.2, -0.15) is 0 Å². The Balaban J connectivity index is 2.13. The molecule has 2 amide bonds. The topological polar surface area (TPSA) is 101 Å². The SMILES string of the molecule is CC(=O)NC1CCN(c2ccc(N)c(C(N)=O)c2)C1.